The lowest BCUT2D eigenvalue weighted by Gasteiger charge is -2.27. The summed E-state index contributed by atoms with van der Waals surface area (Å²) in [5.74, 6) is -0.494. The van der Waals surface area contributed by atoms with Gasteiger partial charge in [-0.05, 0) is 19.3 Å². The van der Waals surface area contributed by atoms with Gasteiger partial charge in [0.05, 0.1) is 16.6 Å². The Kier molecular flexibility index (Phi) is 4.49. The molecule has 19 heavy (non-hydrogen) atoms. The summed E-state index contributed by atoms with van der Waals surface area (Å²) >= 11 is 0.928. The monoisotopic (exact) mass is 285 g/mol. The maximum absolute atomic E-state index is 11.9. The standard InChI is InChI=1S/C12H15NO5S/c1-17-9-3-2-4-10(6-9)18-12(14)8-5-11(13(15)16)19-7-8/h5,7,9-10H,2-4,6H2,1H3/t9-,10+/m0/s1. The molecule has 1 aliphatic carbocycles. The third-order valence-corrected chi connectivity index (χ3v) is 4.07. The van der Waals surface area contributed by atoms with Crippen LogP contribution in [-0.2, 0) is 9.47 Å². The van der Waals surface area contributed by atoms with E-state index in [0.717, 1.165) is 30.6 Å². The van der Waals surface area contributed by atoms with Crippen molar-refractivity contribution in [1.82, 2.24) is 0 Å². The molecule has 0 spiro atoms. The van der Waals surface area contributed by atoms with Crippen LogP contribution in [0.2, 0.25) is 0 Å². The van der Waals surface area contributed by atoms with Crippen molar-refractivity contribution in [2.75, 3.05) is 7.11 Å². The highest BCUT2D eigenvalue weighted by Gasteiger charge is 2.26. The summed E-state index contributed by atoms with van der Waals surface area (Å²) in [6.45, 7) is 0. The highest BCUT2D eigenvalue weighted by atomic mass is 32.1. The molecule has 6 nitrogen and oxygen atoms in total. The predicted octanol–water partition coefficient (Wildman–Crippen LogP) is 2.77. The van der Waals surface area contributed by atoms with Crippen molar-refractivity contribution in [3.63, 3.8) is 0 Å². The number of thiophene rings is 1. The minimum Gasteiger partial charge on any atom is -0.459 e. The number of nitrogens with zero attached hydrogens (tertiary/aromatic N) is 1. The van der Waals surface area contributed by atoms with Gasteiger partial charge < -0.3 is 9.47 Å². The zero-order valence-electron chi connectivity index (χ0n) is 10.5. The highest BCUT2D eigenvalue weighted by molar-refractivity contribution is 7.13. The molecule has 0 radical (unpaired) electrons. The number of methoxy groups -OCH3 is 1. The Balaban J connectivity index is 1.94. The van der Waals surface area contributed by atoms with Gasteiger partial charge in [-0.15, -0.1) is 0 Å². The summed E-state index contributed by atoms with van der Waals surface area (Å²) in [4.78, 5) is 21.9. The lowest BCUT2D eigenvalue weighted by molar-refractivity contribution is -0.380. The van der Waals surface area contributed by atoms with E-state index < -0.39 is 10.9 Å². The second-order valence-electron chi connectivity index (χ2n) is 4.48. The van der Waals surface area contributed by atoms with E-state index in [1.807, 2.05) is 0 Å². The first-order chi connectivity index (χ1) is 9.10. The fourth-order valence-electron chi connectivity index (χ4n) is 2.17. The van der Waals surface area contributed by atoms with E-state index >= 15 is 0 Å². The Morgan fingerprint density at radius 1 is 1.47 bits per heavy atom. The Labute approximate surface area is 114 Å². The molecule has 0 aliphatic heterocycles. The molecule has 0 amide bonds. The van der Waals surface area contributed by atoms with Gasteiger partial charge in [0.15, 0.2) is 0 Å². The first-order valence-corrected chi connectivity index (χ1v) is 6.95. The Hall–Kier alpha value is -1.47. The molecule has 1 saturated carbocycles. The predicted molar refractivity (Wildman–Crippen MR) is 69.4 cm³/mol. The molecule has 1 aliphatic rings. The number of hydrogen-bond acceptors (Lipinski definition) is 6. The van der Waals surface area contributed by atoms with Crippen molar-refractivity contribution in [3.05, 3.63) is 27.1 Å². The summed E-state index contributed by atoms with van der Waals surface area (Å²) in [6.07, 6.45) is 3.41. The van der Waals surface area contributed by atoms with E-state index in [0.29, 0.717) is 6.42 Å². The van der Waals surface area contributed by atoms with Crippen molar-refractivity contribution >= 4 is 22.3 Å². The van der Waals surface area contributed by atoms with Gasteiger partial charge in [-0.3, -0.25) is 10.1 Å². The smallest absolute Gasteiger partial charge is 0.339 e. The summed E-state index contributed by atoms with van der Waals surface area (Å²) < 4.78 is 10.6. The van der Waals surface area contributed by atoms with Crippen LogP contribution in [0.3, 0.4) is 0 Å². The SMILES string of the molecule is CO[C@H]1CCC[C@@H](OC(=O)c2csc([N+](=O)[O-])c2)C1. The molecule has 2 rings (SSSR count). The third-order valence-electron chi connectivity index (χ3n) is 3.19. The summed E-state index contributed by atoms with van der Waals surface area (Å²) in [5, 5.41) is 12.0. The van der Waals surface area contributed by atoms with E-state index in [9.17, 15) is 14.9 Å². The van der Waals surface area contributed by atoms with Gasteiger partial charge in [0.1, 0.15) is 6.10 Å². The molecular formula is C12H15NO5S. The minimum atomic E-state index is -0.511. The van der Waals surface area contributed by atoms with Crippen LogP contribution < -0.4 is 0 Å². The summed E-state index contributed by atoms with van der Waals surface area (Å²) in [5.41, 5.74) is 0.247. The highest BCUT2D eigenvalue weighted by Crippen LogP contribution is 2.26. The molecule has 7 heteroatoms. The fourth-order valence-corrected chi connectivity index (χ4v) is 2.86. The van der Waals surface area contributed by atoms with Gasteiger partial charge in [0.2, 0.25) is 0 Å². The number of carbonyl (C=O) groups excluding carboxylic acids is 1. The molecule has 0 unspecified atom stereocenters. The van der Waals surface area contributed by atoms with Gasteiger partial charge in [-0.2, -0.15) is 0 Å². The van der Waals surface area contributed by atoms with Crippen LogP contribution in [0.4, 0.5) is 5.00 Å². The molecule has 104 valence electrons. The van der Waals surface area contributed by atoms with Gasteiger partial charge in [0, 0.05) is 25.0 Å². The van der Waals surface area contributed by atoms with Crippen molar-refractivity contribution < 1.29 is 19.2 Å². The lowest BCUT2D eigenvalue weighted by atomic mass is 9.95. The molecule has 1 aromatic rings. The van der Waals surface area contributed by atoms with Crippen molar-refractivity contribution in [1.29, 1.82) is 0 Å². The molecule has 0 aromatic carbocycles. The maximum Gasteiger partial charge on any atom is 0.339 e. The van der Waals surface area contributed by atoms with E-state index in [4.69, 9.17) is 9.47 Å². The molecule has 0 N–H and O–H groups in total. The van der Waals surface area contributed by atoms with Crippen LogP contribution in [0.1, 0.15) is 36.0 Å². The molecule has 1 heterocycles. The molecule has 2 atom stereocenters. The summed E-state index contributed by atoms with van der Waals surface area (Å²) in [6, 6.07) is 1.25. The van der Waals surface area contributed by atoms with Crippen molar-refractivity contribution in [3.8, 4) is 0 Å². The molecule has 1 fully saturated rings. The van der Waals surface area contributed by atoms with Gasteiger partial charge >= 0.3 is 11.0 Å². The second kappa shape index (κ2) is 6.12. The Morgan fingerprint density at radius 2 is 2.21 bits per heavy atom. The number of esters is 1. The van der Waals surface area contributed by atoms with E-state index in [-0.39, 0.29) is 22.8 Å². The number of hydrogen-bond donors (Lipinski definition) is 0. The van der Waals surface area contributed by atoms with Gasteiger partial charge in [0.25, 0.3) is 0 Å². The van der Waals surface area contributed by atoms with Gasteiger partial charge in [-0.1, -0.05) is 11.3 Å². The molecule has 0 saturated heterocycles. The number of rotatable bonds is 4. The van der Waals surface area contributed by atoms with Crippen LogP contribution in [0.5, 0.6) is 0 Å². The normalized spacial score (nSPS) is 23.0. The Morgan fingerprint density at radius 3 is 2.84 bits per heavy atom. The maximum atomic E-state index is 11.9. The molecule has 1 aromatic heterocycles. The molecule has 0 bridgehead atoms. The zero-order chi connectivity index (χ0) is 13.8. The number of ether oxygens (including phenoxy) is 2. The number of nitro groups is 1. The third kappa shape index (κ3) is 3.51. The van der Waals surface area contributed by atoms with E-state index in [2.05, 4.69) is 0 Å². The average Bonchev–Trinajstić information content (AvgIpc) is 2.89. The van der Waals surface area contributed by atoms with Crippen molar-refractivity contribution in [2.45, 2.75) is 37.9 Å². The molecular weight excluding hydrogens is 270 g/mol. The zero-order valence-corrected chi connectivity index (χ0v) is 11.4. The number of carbonyl (C=O) groups is 1. The minimum absolute atomic E-state index is 0.0506. The van der Waals surface area contributed by atoms with Crippen LogP contribution in [-0.4, -0.2) is 30.2 Å². The van der Waals surface area contributed by atoms with Crippen LogP contribution in [0.15, 0.2) is 11.4 Å². The Bertz CT molecular complexity index is 472. The van der Waals surface area contributed by atoms with E-state index in [1.54, 1.807) is 7.11 Å². The van der Waals surface area contributed by atoms with Crippen LogP contribution in [0, 0.1) is 10.1 Å². The average molecular weight is 285 g/mol. The first-order valence-electron chi connectivity index (χ1n) is 6.07. The lowest BCUT2D eigenvalue weighted by Crippen LogP contribution is -2.29. The van der Waals surface area contributed by atoms with Crippen LogP contribution in [0.25, 0.3) is 0 Å². The largest absolute Gasteiger partial charge is 0.459 e. The van der Waals surface area contributed by atoms with Crippen molar-refractivity contribution in [2.24, 2.45) is 0 Å². The van der Waals surface area contributed by atoms with Gasteiger partial charge in [-0.25, -0.2) is 4.79 Å². The van der Waals surface area contributed by atoms with E-state index in [1.165, 1.54) is 11.4 Å². The first kappa shape index (κ1) is 14.0. The summed E-state index contributed by atoms with van der Waals surface area (Å²) in [7, 11) is 1.65. The fraction of sp³-hybridized carbons (Fsp3) is 0.583. The van der Waals surface area contributed by atoms with Crippen LogP contribution >= 0.6 is 11.3 Å². The second-order valence-corrected chi connectivity index (χ2v) is 5.37. The topological polar surface area (TPSA) is 78.7 Å². The quantitative estimate of drug-likeness (QED) is 0.483.